The molecule has 0 spiro atoms. The summed E-state index contributed by atoms with van der Waals surface area (Å²) < 4.78 is 13.0. The molecule has 0 aromatic heterocycles. The third-order valence-electron chi connectivity index (χ3n) is 3.70. The first-order chi connectivity index (χ1) is 9.56. The highest BCUT2D eigenvalue weighted by atomic mass is 35.5. The van der Waals surface area contributed by atoms with Gasteiger partial charge in [-0.2, -0.15) is 5.26 Å². The Balaban J connectivity index is 2.18. The summed E-state index contributed by atoms with van der Waals surface area (Å²) in [5, 5.41) is 12.3. The molecular formula is C15H16ClFN2O. The number of carbonyl (C=O) groups is 1. The van der Waals surface area contributed by atoms with E-state index < -0.39 is 17.3 Å². The Hall–Kier alpha value is -1.60. The Kier molecular flexibility index (Phi) is 4.61. The number of halogens is 2. The SMILES string of the molecule is N#CC1(NC(=O)c2ccc(F)cc2Cl)CCCCCC1. The number of benzene rings is 1. The number of nitrogens with zero attached hydrogens (tertiary/aromatic N) is 1. The highest BCUT2D eigenvalue weighted by Crippen LogP contribution is 2.27. The summed E-state index contributed by atoms with van der Waals surface area (Å²) in [5.74, 6) is -0.908. The minimum Gasteiger partial charge on any atom is -0.334 e. The molecule has 0 saturated heterocycles. The van der Waals surface area contributed by atoms with Crippen molar-refractivity contribution in [2.75, 3.05) is 0 Å². The van der Waals surface area contributed by atoms with E-state index in [2.05, 4.69) is 11.4 Å². The van der Waals surface area contributed by atoms with Gasteiger partial charge in [-0.1, -0.05) is 37.3 Å². The molecule has 106 valence electrons. The summed E-state index contributed by atoms with van der Waals surface area (Å²) in [5.41, 5.74) is -0.627. The third kappa shape index (κ3) is 3.29. The molecule has 0 radical (unpaired) electrons. The van der Waals surface area contributed by atoms with Gasteiger partial charge in [-0.15, -0.1) is 0 Å². The van der Waals surface area contributed by atoms with Crippen LogP contribution in [0.25, 0.3) is 0 Å². The molecule has 1 aromatic rings. The van der Waals surface area contributed by atoms with Crippen LogP contribution in [0.3, 0.4) is 0 Å². The van der Waals surface area contributed by atoms with E-state index in [0.717, 1.165) is 31.7 Å². The molecule has 0 heterocycles. The second kappa shape index (κ2) is 6.23. The van der Waals surface area contributed by atoms with Gasteiger partial charge in [0.15, 0.2) is 0 Å². The largest absolute Gasteiger partial charge is 0.334 e. The van der Waals surface area contributed by atoms with Crippen LogP contribution in [-0.2, 0) is 0 Å². The summed E-state index contributed by atoms with van der Waals surface area (Å²) in [6, 6.07) is 5.87. The van der Waals surface area contributed by atoms with Crippen LogP contribution in [0.4, 0.5) is 4.39 Å². The van der Waals surface area contributed by atoms with Gasteiger partial charge < -0.3 is 5.32 Å². The normalized spacial score (nSPS) is 17.9. The predicted octanol–water partition coefficient (Wildman–Crippen LogP) is 3.83. The van der Waals surface area contributed by atoms with E-state index in [-0.39, 0.29) is 10.6 Å². The van der Waals surface area contributed by atoms with E-state index in [4.69, 9.17) is 11.6 Å². The van der Waals surface area contributed by atoms with Gasteiger partial charge in [0.05, 0.1) is 16.7 Å². The molecule has 0 unspecified atom stereocenters. The van der Waals surface area contributed by atoms with Crippen LogP contribution >= 0.6 is 11.6 Å². The van der Waals surface area contributed by atoms with Gasteiger partial charge in [0.1, 0.15) is 11.4 Å². The lowest BCUT2D eigenvalue weighted by molar-refractivity contribution is 0.0913. The Morgan fingerprint density at radius 2 is 1.95 bits per heavy atom. The van der Waals surface area contributed by atoms with Gasteiger partial charge in [0.2, 0.25) is 0 Å². The summed E-state index contributed by atoms with van der Waals surface area (Å²) in [6.07, 6.45) is 5.30. The molecule has 1 fully saturated rings. The predicted molar refractivity (Wildman–Crippen MR) is 74.9 cm³/mol. The van der Waals surface area contributed by atoms with E-state index in [1.54, 1.807) is 0 Å². The molecule has 1 saturated carbocycles. The van der Waals surface area contributed by atoms with Crippen molar-refractivity contribution in [1.29, 1.82) is 5.26 Å². The van der Waals surface area contributed by atoms with Crippen molar-refractivity contribution in [3.05, 3.63) is 34.6 Å². The van der Waals surface area contributed by atoms with Crippen LogP contribution in [0, 0.1) is 17.1 Å². The lowest BCUT2D eigenvalue weighted by Gasteiger charge is -2.26. The Bertz CT molecular complexity index is 545. The van der Waals surface area contributed by atoms with E-state index in [0.29, 0.717) is 12.8 Å². The molecular weight excluding hydrogens is 279 g/mol. The molecule has 1 aromatic carbocycles. The number of rotatable bonds is 2. The zero-order valence-electron chi connectivity index (χ0n) is 11.1. The van der Waals surface area contributed by atoms with Crippen LogP contribution in [0.1, 0.15) is 48.9 Å². The number of amides is 1. The summed E-state index contributed by atoms with van der Waals surface area (Å²) in [7, 11) is 0. The Morgan fingerprint density at radius 3 is 2.50 bits per heavy atom. The van der Waals surface area contributed by atoms with Crippen LogP contribution in [0.2, 0.25) is 5.02 Å². The smallest absolute Gasteiger partial charge is 0.254 e. The molecule has 1 aliphatic carbocycles. The van der Waals surface area contributed by atoms with Gasteiger partial charge in [-0.05, 0) is 31.0 Å². The highest BCUT2D eigenvalue weighted by Gasteiger charge is 2.33. The van der Waals surface area contributed by atoms with Crippen LogP contribution in [0.15, 0.2) is 18.2 Å². The fourth-order valence-corrected chi connectivity index (χ4v) is 2.81. The molecule has 3 nitrogen and oxygen atoms in total. The first-order valence-electron chi connectivity index (χ1n) is 6.75. The monoisotopic (exact) mass is 294 g/mol. The highest BCUT2D eigenvalue weighted by molar-refractivity contribution is 6.33. The van der Waals surface area contributed by atoms with Crippen molar-refractivity contribution in [2.45, 2.75) is 44.1 Å². The number of carbonyl (C=O) groups excluding carboxylic acids is 1. The molecule has 1 aliphatic rings. The van der Waals surface area contributed by atoms with Gasteiger partial charge in [-0.3, -0.25) is 4.79 Å². The first-order valence-corrected chi connectivity index (χ1v) is 7.13. The van der Waals surface area contributed by atoms with Crippen molar-refractivity contribution in [2.24, 2.45) is 0 Å². The molecule has 0 aliphatic heterocycles. The molecule has 0 bridgehead atoms. The molecule has 2 rings (SSSR count). The average molecular weight is 295 g/mol. The van der Waals surface area contributed by atoms with E-state index in [1.165, 1.54) is 12.1 Å². The van der Waals surface area contributed by atoms with Gasteiger partial charge in [0, 0.05) is 0 Å². The number of nitrogens with one attached hydrogen (secondary N) is 1. The minimum atomic E-state index is -0.828. The standard InChI is InChI=1S/C15H16ClFN2O/c16-13-9-11(17)5-6-12(13)14(20)19-15(10-18)7-3-1-2-4-8-15/h5-6,9H,1-4,7-8H2,(H,19,20). The first kappa shape index (κ1) is 14.8. The summed E-state index contributed by atoms with van der Waals surface area (Å²) in [4.78, 5) is 12.3. The van der Waals surface area contributed by atoms with E-state index >= 15 is 0 Å². The van der Waals surface area contributed by atoms with Crippen molar-refractivity contribution >= 4 is 17.5 Å². The quantitative estimate of drug-likeness (QED) is 0.843. The van der Waals surface area contributed by atoms with Gasteiger partial charge >= 0.3 is 0 Å². The zero-order chi connectivity index (χ0) is 14.6. The number of hydrogen-bond acceptors (Lipinski definition) is 2. The van der Waals surface area contributed by atoms with E-state index in [1.807, 2.05) is 0 Å². The maximum atomic E-state index is 13.0. The van der Waals surface area contributed by atoms with Crippen molar-refractivity contribution in [3.63, 3.8) is 0 Å². The molecule has 1 amide bonds. The van der Waals surface area contributed by atoms with Crippen molar-refractivity contribution in [1.82, 2.24) is 5.32 Å². The lowest BCUT2D eigenvalue weighted by atomic mass is 9.91. The maximum absolute atomic E-state index is 13.0. The summed E-state index contributed by atoms with van der Waals surface area (Å²) in [6.45, 7) is 0. The minimum absolute atomic E-state index is 0.0595. The molecule has 0 atom stereocenters. The van der Waals surface area contributed by atoms with Crippen LogP contribution in [-0.4, -0.2) is 11.4 Å². The van der Waals surface area contributed by atoms with Gasteiger partial charge in [-0.25, -0.2) is 4.39 Å². The number of hydrogen-bond donors (Lipinski definition) is 1. The summed E-state index contributed by atoms with van der Waals surface area (Å²) >= 11 is 5.88. The fourth-order valence-electron chi connectivity index (χ4n) is 2.56. The van der Waals surface area contributed by atoms with Crippen molar-refractivity contribution < 1.29 is 9.18 Å². The average Bonchev–Trinajstić information content (AvgIpc) is 2.64. The van der Waals surface area contributed by atoms with Crippen LogP contribution < -0.4 is 5.32 Å². The molecule has 20 heavy (non-hydrogen) atoms. The second-order valence-corrected chi connectivity index (χ2v) is 5.59. The number of nitriles is 1. The zero-order valence-corrected chi connectivity index (χ0v) is 11.8. The topological polar surface area (TPSA) is 52.9 Å². The fraction of sp³-hybridized carbons (Fsp3) is 0.467. The molecule has 5 heteroatoms. The van der Waals surface area contributed by atoms with Gasteiger partial charge in [0.25, 0.3) is 5.91 Å². The molecule has 1 N–H and O–H groups in total. The van der Waals surface area contributed by atoms with Crippen molar-refractivity contribution in [3.8, 4) is 6.07 Å². The Morgan fingerprint density at radius 1 is 1.30 bits per heavy atom. The maximum Gasteiger partial charge on any atom is 0.254 e. The van der Waals surface area contributed by atoms with Crippen LogP contribution in [0.5, 0.6) is 0 Å². The second-order valence-electron chi connectivity index (χ2n) is 5.19. The third-order valence-corrected chi connectivity index (χ3v) is 4.01. The Labute approximate surface area is 122 Å². The van der Waals surface area contributed by atoms with E-state index in [9.17, 15) is 14.4 Å². The lowest BCUT2D eigenvalue weighted by Crippen LogP contribution is -2.47.